The number of rotatable bonds is 3. The van der Waals surface area contributed by atoms with Gasteiger partial charge in [0.15, 0.2) is 0 Å². The summed E-state index contributed by atoms with van der Waals surface area (Å²) in [5.41, 5.74) is 1.39. The van der Waals surface area contributed by atoms with E-state index in [2.05, 4.69) is 27.7 Å². The van der Waals surface area contributed by atoms with Crippen LogP contribution in [0.3, 0.4) is 0 Å². The number of hydrogen-bond acceptors (Lipinski definition) is 2. The molecule has 4 saturated carbocycles. The number of fused-ring (bicyclic) bond motifs is 5. The van der Waals surface area contributed by atoms with E-state index in [1.807, 2.05) is 7.11 Å². The third kappa shape index (κ3) is 3.11. The molecule has 4 aliphatic rings. The van der Waals surface area contributed by atoms with E-state index < -0.39 is 0 Å². The predicted octanol–water partition coefficient (Wildman–Crippen LogP) is 6.46. The van der Waals surface area contributed by atoms with Gasteiger partial charge in [-0.05, 0) is 117 Å². The summed E-state index contributed by atoms with van der Waals surface area (Å²) in [5, 5.41) is 10.6. The van der Waals surface area contributed by atoms with Gasteiger partial charge in [0.05, 0.1) is 6.10 Å². The van der Waals surface area contributed by atoms with E-state index in [0.717, 1.165) is 30.3 Å². The van der Waals surface area contributed by atoms with Crippen molar-refractivity contribution in [2.24, 2.45) is 45.8 Å². The van der Waals surface area contributed by atoms with Gasteiger partial charge < -0.3 is 9.84 Å². The van der Waals surface area contributed by atoms with Crippen molar-refractivity contribution in [1.29, 1.82) is 0 Å². The van der Waals surface area contributed by atoms with Gasteiger partial charge in [0.1, 0.15) is 0 Å². The summed E-state index contributed by atoms with van der Waals surface area (Å²) in [6.07, 6.45) is 15.0. The Kier molecular flexibility index (Phi) is 5.71. The molecule has 2 nitrogen and oxygen atoms in total. The number of ether oxygens (including phenoxy) is 1. The van der Waals surface area contributed by atoms with Crippen molar-refractivity contribution in [3.8, 4) is 0 Å². The molecule has 9 atom stereocenters. The van der Waals surface area contributed by atoms with Crippen LogP contribution in [-0.2, 0) is 4.74 Å². The summed E-state index contributed by atoms with van der Waals surface area (Å²) in [7, 11) is 1.88. The molecular weight excluding hydrogens is 344 g/mol. The van der Waals surface area contributed by atoms with Crippen LogP contribution < -0.4 is 0 Å². The predicted molar refractivity (Wildman–Crippen MR) is 116 cm³/mol. The highest BCUT2D eigenvalue weighted by Gasteiger charge is 2.61. The van der Waals surface area contributed by atoms with Crippen molar-refractivity contribution in [2.75, 3.05) is 13.7 Å². The molecule has 0 aromatic carbocycles. The maximum absolute atomic E-state index is 10.6. The SMILES string of the molecule is COCC1CCC2(C)CCC3C4CCCC(C(C)O)C4(C)CCC3C2(C)CC1. The Morgan fingerprint density at radius 2 is 1.61 bits per heavy atom. The van der Waals surface area contributed by atoms with Gasteiger partial charge in [-0.1, -0.05) is 27.2 Å². The maximum atomic E-state index is 10.6. The molecule has 4 aliphatic carbocycles. The summed E-state index contributed by atoms with van der Waals surface area (Å²) in [6, 6.07) is 0. The number of aliphatic hydroxyl groups excluding tert-OH is 1. The molecule has 0 aliphatic heterocycles. The lowest BCUT2D eigenvalue weighted by Gasteiger charge is -2.65. The van der Waals surface area contributed by atoms with Gasteiger partial charge in [0, 0.05) is 13.7 Å². The first-order valence-corrected chi connectivity index (χ1v) is 12.4. The monoisotopic (exact) mass is 390 g/mol. The Morgan fingerprint density at radius 3 is 2.32 bits per heavy atom. The summed E-state index contributed by atoms with van der Waals surface area (Å²) in [5.74, 6) is 3.94. The molecule has 0 bridgehead atoms. The van der Waals surface area contributed by atoms with E-state index >= 15 is 0 Å². The molecule has 4 rings (SSSR count). The standard InChI is InChI=1S/C26H46O2/c1-18(27)21-7-6-8-22-20-11-14-24(2)13-9-19(17-28-5)10-16-26(24,4)23(20)12-15-25(21,22)3/h18-23,27H,6-17H2,1-5H3. The summed E-state index contributed by atoms with van der Waals surface area (Å²) >= 11 is 0. The highest BCUT2D eigenvalue weighted by Crippen LogP contribution is 2.69. The zero-order chi connectivity index (χ0) is 20.2. The van der Waals surface area contributed by atoms with Crippen LogP contribution in [0, 0.1) is 45.8 Å². The zero-order valence-electron chi connectivity index (χ0n) is 19.3. The molecule has 0 spiro atoms. The van der Waals surface area contributed by atoms with Gasteiger partial charge >= 0.3 is 0 Å². The number of aliphatic hydroxyl groups is 1. The van der Waals surface area contributed by atoms with Crippen molar-refractivity contribution in [1.82, 2.24) is 0 Å². The second kappa shape index (κ2) is 7.56. The minimum atomic E-state index is -0.138. The number of methoxy groups -OCH3 is 1. The van der Waals surface area contributed by atoms with Crippen LogP contribution in [0.25, 0.3) is 0 Å². The van der Waals surface area contributed by atoms with Gasteiger partial charge in [0.25, 0.3) is 0 Å². The first-order valence-electron chi connectivity index (χ1n) is 12.4. The lowest BCUT2D eigenvalue weighted by atomic mass is 9.39. The van der Waals surface area contributed by atoms with Crippen molar-refractivity contribution in [2.45, 2.75) is 104 Å². The maximum Gasteiger partial charge on any atom is 0.0545 e. The fraction of sp³-hybridized carbons (Fsp3) is 1.00. The summed E-state index contributed by atoms with van der Waals surface area (Å²) < 4.78 is 5.56. The second-order valence-corrected chi connectivity index (χ2v) is 12.1. The third-order valence-electron chi connectivity index (χ3n) is 11.1. The molecule has 28 heavy (non-hydrogen) atoms. The highest BCUT2D eigenvalue weighted by atomic mass is 16.5. The van der Waals surface area contributed by atoms with Crippen molar-refractivity contribution in [3.05, 3.63) is 0 Å². The molecule has 0 aromatic rings. The Bertz CT molecular complexity index is 559. The first kappa shape index (κ1) is 21.2. The Hall–Kier alpha value is -0.0800. The average molecular weight is 391 g/mol. The molecule has 4 fully saturated rings. The zero-order valence-corrected chi connectivity index (χ0v) is 19.3. The second-order valence-electron chi connectivity index (χ2n) is 12.1. The van der Waals surface area contributed by atoms with E-state index in [1.54, 1.807) is 0 Å². The molecule has 9 unspecified atom stereocenters. The highest BCUT2D eigenvalue weighted by molar-refractivity contribution is 5.11. The molecule has 0 heterocycles. The lowest BCUT2D eigenvalue weighted by Crippen LogP contribution is -2.58. The average Bonchev–Trinajstić information content (AvgIpc) is 2.78. The van der Waals surface area contributed by atoms with Crippen molar-refractivity contribution >= 4 is 0 Å². The fourth-order valence-electron chi connectivity index (χ4n) is 9.20. The Balaban J connectivity index is 1.61. The van der Waals surface area contributed by atoms with Gasteiger partial charge in [-0.25, -0.2) is 0 Å². The molecule has 0 aromatic heterocycles. The first-order chi connectivity index (χ1) is 13.2. The van der Waals surface area contributed by atoms with Crippen LogP contribution >= 0.6 is 0 Å². The fourth-order valence-corrected chi connectivity index (χ4v) is 9.20. The van der Waals surface area contributed by atoms with E-state index in [0.29, 0.717) is 22.2 Å². The van der Waals surface area contributed by atoms with E-state index in [9.17, 15) is 5.11 Å². The molecule has 162 valence electrons. The van der Waals surface area contributed by atoms with Crippen molar-refractivity contribution < 1.29 is 9.84 Å². The normalized spacial score (nSPS) is 52.7. The summed E-state index contributed by atoms with van der Waals surface area (Å²) in [4.78, 5) is 0. The van der Waals surface area contributed by atoms with Crippen LogP contribution in [0.1, 0.15) is 98.3 Å². The Labute approximate surface area is 174 Å². The molecule has 0 radical (unpaired) electrons. The van der Waals surface area contributed by atoms with Gasteiger partial charge in [0.2, 0.25) is 0 Å². The van der Waals surface area contributed by atoms with Crippen LogP contribution in [0.15, 0.2) is 0 Å². The molecular formula is C26H46O2. The lowest BCUT2D eigenvalue weighted by molar-refractivity contribution is -0.171. The third-order valence-corrected chi connectivity index (χ3v) is 11.1. The largest absolute Gasteiger partial charge is 0.393 e. The minimum absolute atomic E-state index is 0.138. The molecule has 2 heteroatoms. The van der Waals surface area contributed by atoms with Gasteiger partial charge in [-0.2, -0.15) is 0 Å². The van der Waals surface area contributed by atoms with E-state index in [1.165, 1.54) is 70.6 Å². The van der Waals surface area contributed by atoms with Gasteiger partial charge in [-0.15, -0.1) is 0 Å². The van der Waals surface area contributed by atoms with Crippen LogP contribution in [0.2, 0.25) is 0 Å². The van der Waals surface area contributed by atoms with E-state index in [-0.39, 0.29) is 6.10 Å². The minimum Gasteiger partial charge on any atom is -0.393 e. The quantitative estimate of drug-likeness (QED) is 0.599. The van der Waals surface area contributed by atoms with Crippen LogP contribution in [0.5, 0.6) is 0 Å². The van der Waals surface area contributed by atoms with Crippen molar-refractivity contribution in [3.63, 3.8) is 0 Å². The molecule has 0 saturated heterocycles. The van der Waals surface area contributed by atoms with Crippen LogP contribution in [0.4, 0.5) is 0 Å². The topological polar surface area (TPSA) is 29.5 Å². The van der Waals surface area contributed by atoms with Crippen LogP contribution in [-0.4, -0.2) is 24.9 Å². The number of hydrogen-bond donors (Lipinski definition) is 1. The molecule has 1 N–H and O–H groups in total. The summed E-state index contributed by atoms with van der Waals surface area (Å²) in [6.45, 7) is 10.9. The van der Waals surface area contributed by atoms with E-state index in [4.69, 9.17) is 4.74 Å². The van der Waals surface area contributed by atoms with Gasteiger partial charge in [-0.3, -0.25) is 0 Å². The molecule has 0 amide bonds. The smallest absolute Gasteiger partial charge is 0.0545 e. The Morgan fingerprint density at radius 1 is 0.893 bits per heavy atom.